The van der Waals surface area contributed by atoms with Crippen molar-refractivity contribution in [3.63, 3.8) is 0 Å². The smallest absolute Gasteiger partial charge is 0.414 e. The second-order valence-corrected chi connectivity index (χ2v) is 10.3. The predicted molar refractivity (Wildman–Crippen MR) is 115 cm³/mol. The molecule has 0 radical (unpaired) electrons. The highest BCUT2D eigenvalue weighted by molar-refractivity contribution is 7.90. The molecule has 1 fully saturated rings. The summed E-state index contributed by atoms with van der Waals surface area (Å²) in [5.74, 6) is -0.683. The second-order valence-electron chi connectivity index (χ2n) is 8.04. The summed E-state index contributed by atoms with van der Waals surface area (Å²) in [7, 11) is -3.08. The zero-order valence-electron chi connectivity index (χ0n) is 17.7. The van der Waals surface area contributed by atoms with Gasteiger partial charge in [0, 0.05) is 31.5 Å². The number of sulfone groups is 1. The molecule has 0 aliphatic carbocycles. The van der Waals surface area contributed by atoms with Crippen molar-refractivity contribution in [1.29, 1.82) is 0 Å². The molecule has 0 spiro atoms. The molecule has 4 rings (SSSR count). The summed E-state index contributed by atoms with van der Waals surface area (Å²) >= 11 is 0. The number of cyclic esters (lactones) is 1. The number of aryl methyl sites for hydroxylation is 1. The van der Waals surface area contributed by atoms with Crippen LogP contribution in [-0.4, -0.2) is 61.4 Å². The third-order valence-corrected chi connectivity index (χ3v) is 6.28. The van der Waals surface area contributed by atoms with Crippen molar-refractivity contribution in [2.75, 3.05) is 34.9 Å². The van der Waals surface area contributed by atoms with E-state index in [2.05, 4.69) is 10.4 Å². The zero-order valence-corrected chi connectivity index (χ0v) is 18.6. The van der Waals surface area contributed by atoms with Crippen molar-refractivity contribution in [1.82, 2.24) is 15.1 Å². The summed E-state index contributed by atoms with van der Waals surface area (Å²) in [6.45, 7) is 2.93. The van der Waals surface area contributed by atoms with Gasteiger partial charge in [0.2, 0.25) is 5.91 Å². The normalized spacial score (nSPS) is 18.1. The molecule has 172 valence electrons. The Kier molecular flexibility index (Phi) is 5.80. The van der Waals surface area contributed by atoms with Crippen LogP contribution in [0.15, 0.2) is 24.4 Å². The Morgan fingerprint density at radius 1 is 1.34 bits per heavy atom. The Bertz CT molecular complexity index is 1140. The van der Waals surface area contributed by atoms with Gasteiger partial charge in [0.1, 0.15) is 21.8 Å². The number of carbonyl (C=O) groups is 2. The number of hydrogen-bond donors (Lipinski definition) is 1. The fourth-order valence-electron chi connectivity index (χ4n) is 3.77. The molecule has 2 aromatic rings. The Balaban J connectivity index is 1.41. The third-order valence-electron chi connectivity index (χ3n) is 5.35. The van der Waals surface area contributed by atoms with Gasteiger partial charge >= 0.3 is 6.09 Å². The van der Waals surface area contributed by atoms with E-state index in [0.29, 0.717) is 24.5 Å². The monoisotopic (exact) mass is 465 g/mol. The van der Waals surface area contributed by atoms with Gasteiger partial charge in [0.25, 0.3) is 0 Å². The van der Waals surface area contributed by atoms with E-state index in [-0.39, 0.29) is 31.3 Å². The van der Waals surface area contributed by atoms with Crippen LogP contribution in [0.5, 0.6) is 0 Å². The Morgan fingerprint density at radius 3 is 2.78 bits per heavy atom. The Morgan fingerprint density at radius 2 is 2.12 bits per heavy atom. The fraction of sp³-hybridized carbons (Fsp3) is 0.450. The lowest BCUT2D eigenvalue weighted by atomic mass is 10.2. The van der Waals surface area contributed by atoms with Crippen LogP contribution in [0.3, 0.4) is 0 Å². The molecular formula is C20H24FN5O5S. The summed E-state index contributed by atoms with van der Waals surface area (Å²) < 4.78 is 44.4. The molecule has 2 amide bonds. The molecule has 1 atom stereocenters. The van der Waals surface area contributed by atoms with Crippen LogP contribution in [0.2, 0.25) is 0 Å². The van der Waals surface area contributed by atoms with Crippen molar-refractivity contribution >= 4 is 33.2 Å². The standard InChI is InChI=1S/C20H24FN5O5S/c1-13(27)22-8-16-11-26(20(28)31-16)15-3-4-19(17(21)7-15)24-9-14-10-25(23-18(14)12-24)5-6-32(2,29)30/h3-4,7,10,16H,5-6,8-9,11-12H2,1-2H3,(H,22,27)/t16-/m0/s1. The molecule has 12 heteroatoms. The molecule has 2 aliphatic heterocycles. The van der Waals surface area contributed by atoms with E-state index in [9.17, 15) is 22.4 Å². The summed E-state index contributed by atoms with van der Waals surface area (Å²) in [6, 6.07) is 4.56. The van der Waals surface area contributed by atoms with E-state index in [4.69, 9.17) is 4.74 Å². The third kappa shape index (κ3) is 4.85. The molecule has 0 unspecified atom stereocenters. The number of halogens is 1. The highest BCUT2D eigenvalue weighted by Crippen LogP contribution is 2.32. The van der Waals surface area contributed by atoms with Crippen molar-refractivity contribution in [2.24, 2.45) is 0 Å². The maximum Gasteiger partial charge on any atom is 0.414 e. The topological polar surface area (TPSA) is 114 Å². The average molecular weight is 466 g/mol. The van der Waals surface area contributed by atoms with Crippen LogP contribution in [0.1, 0.15) is 18.2 Å². The molecule has 0 bridgehead atoms. The highest BCUT2D eigenvalue weighted by Gasteiger charge is 2.33. The number of nitrogens with zero attached hydrogens (tertiary/aromatic N) is 4. The largest absolute Gasteiger partial charge is 0.442 e. The number of carbonyl (C=O) groups excluding carboxylic acids is 2. The molecule has 1 aromatic heterocycles. The first-order valence-corrected chi connectivity index (χ1v) is 12.1. The molecule has 1 aromatic carbocycles. The lowest BCUT2D eigenvalue weighted by molar-refractivity contribution is -0.119. The molecule has 0 saturated carbocycles. The van der Waals surface area contributed by atoms with Crippen molar-refractivity contribution in [3.8, 4) is 0 Å². The number of amides is 2. The predicted octanol–water partition coefficient (Wildman–Crippen LogP) is 1.05. The maximum absolute atomic E-state index is 14.9. The van der Waals surface area contributed by atoms with Crippen LogP contribution in [0.4, 0.5) is 20.6 Å². The Labute approximate surface area is 184 Å². The summed E-state index contributed by atoms with van der Waals surface area (Å²) in [6.07, 6.45) is 1.89. The van der Waals surface area contributed by atoms with E-state index >= 15 is 0 Å². The van der Waals surface area contributed by atoms with Crippen LogP contribution < -0.4 is 15.1 Å². The number of ether oxygens (including phenoxy) is 1. The van der Waals surface area contributed by atoms with Crippen LogP contribution in [0, 0.1) is 5.82 Å². The number of nitrogens with one attached hydrogen (secondary N) is 1. The van der Waals surface area contributed by atoms with Gasteiger partial charge in [-0.05, 0) is 18.2 Å². The van der Waals surface area contributed by atoms with Gasteiger partial charge in [0.05, 0.1) is 49.0 Å². The molecule has 10 nitrogen and oxygen atoms in total. The summed E-state index contributed by atoms with van der Waals surface area (Å²) in [5.41, 5.74) is 2.47. The number of anilines is 2. The second kappa shape index (κ2) is 8.41. The number of rotatable bonds is 7. The summed E-state index contributed by atoms with van der Waals surface area (Å²) in [5, 5.41) is 7.02. The first-order valence-electron chi connectivity index (χ1n) is 10.1. The first kappa shape index (κ1) is 22.1. The van der Waals surface area contributed by atoms with Crippen molar-refractivity contribution in [2.45, 2.75) is 32.7 Å². The average Bonchev–Trinajstić information content (AvgIpc) is 3.37. The Hall–Kier alpha value is -3.15. The lowest BCUT2D eigenvalue weighted by Crippen LogP contribution is -2.33. The molecule has 32 heavy (non-hydrogen) atoms. The van der Waals surface area contributed by atoms with Crippen molar-refractivity contribution < 1.29 is 27.1 Å². The van der Waals surface area contributed by atoms with Gasteiger partial charge in [-0.25, -0.2) is 17.6 Å². The van der Waals surface area contributed by atoms with Gasteiger partial charge in [-0.2, -0.15) is 5.10 Å². The minimum absolute atomic E-state index is 0.0119. The lowest BCUT2D eigenvalue weighted by Gasteiger charge is -2.21. The van der Waals surface area contributed by atoms with E-state index in [1.54, 1.807) is 23.0 Å². The molecule has 3 heterocycles. The molecule has 2 aliphatic rings. The minimum atomic E-state index is -3.08. The van der Waals surface area contributed by atoms with E-state index < -0.39 is 27.9 Å². The van der Waals surface area contributed by atoms with E-state index in [1.807, 2.05) is 4.90 Å². The van der Waals surface area contributed by atoms with Crippen molar-refractivity contribution in [3.05, 3.63) is 41.5 Å². The van der Waals surface area contributed by atoms with Gasteiger partial charge in [-0.15, -0.1) is 0 Å². The van der Waals surface area contributed by atoms with Crippen LogP contribution >= 0.6 is 0 Å². The SMILES string of the molecule is CC(=O)NC[C@H]1CN(c2ccc(N3Cc4cn(CCS(C)(=O)=O)nc4C3)c(F)c2)C(=O)O1. The summed E-state index contributed by atoms with van der Waals surface area (Å²) in [4.78, 5) is 26.4. The number of fused-ring (bicyclic) bond motifs is 1. The fourth-order valence-corrected chi connectivity index (χ4v) is 4.29. The molecular weight excluding hydrogens is 441 g/mol. The molecule has 1 N–H and O–H groups in total. The minimum Gasteiger partial charge on any atom is -0.442 e. The van der Waals surface area contributed by atoms with Gasteiger partial charge in [-0.1, -0.05) is 0 Å². The van der Waals surface area contributed by atoms with Crippen LogP contribution in [-0.2, 0) is 39.0 Å². The zero-order chi connectivity index (χ0) is 23.0. The quantitative estimate of drug-likeness (QED) is 0.650. The van der Waals surface area contributed by atoms with Gasteiger partial charge < -0.3 is 15.0 Å². The van der Waals surface area contributed by atoms with Gasteiger partial charge in [0.15, 0.2) is 0 Å². The van der Waals surface area contributed by atoms with Gasteiger partial charge in [-0.3, -0.25) is 14.4 Å². The number of hydrogen-bond acceptors (Lipinski definition) is 7. The first-order chi connectivity index (χ1) is 15.1. The number of benzene rings is 1. The maximum atomic E-state index is 14.9. The number of aromatic nitrogens is 2. The van der Waals surface area contributed by atoms with E-state index in [1.165, 1.54) is 24.1 Å². The molecule has 1 saturated heterocycles. The highest BCUT2D eigenvalue weighted by atomic mass is 32.2. The van der Waals surface area contributed by atoms with Crippen LogP contribution in [0.25, 0.3) is 0 Å². The van der Waals surface area contributed by atoms with E-state index in [0.717, 1.165) is 11.3 Å².